The number of hydrogen-bond acceptors (Lipinski definition) is 4. The number of rotatable bonds is 5. The molecule has 0 aromatic carbocycles. The lowest BCUT2D eigenvalue weighted by Gasteiger charge is -2.06. The van der Waals surface area contributed by atoms with Crippen molar-refractivity contribution in [2.75, 3.05) is 11.9 Å². The minimum Gasteiger partial charge on any atom is -0.478 e. The molecule has 5 nitrogen and oxygen atoms in total. The molecule has 2 aromatic heterocycles. The molecule has 0 bridgehead atoms. The average molecular weight is 246 g/mol. The highest BCUT2D eigenvalue weighted by Gasteiger charge is 2.03. The van der Waals surface area contributed by atoms with Gasteiger partial charge in [0.25, 0.3) is 0 Å². The molecular formula is C13H18N4O. The summed E-state index contributed by atoms with van der Waals surface area (Å²) in [5.41, 5.74) is 0.921. The summed E-state index contributed by atoms with van der Waals surface area (Å²) >= 11 is 0. The normalized spacial score (nSPS) is 10.7. The summed E-state index contributed by atoms with van der Waals surface area (Å²) < 4.78 is 7.25. The van der Waals surface area contributed by atoms with Crippen LogP contribution in [0.4, 0.5) is 11.5 Å². The fraction of sp³-hybridized carbons (Fsp3) is 0.385. The molecule has 0 radical (unpaired) electrons. The van der Waals surface area contributed by atoms with Gasteiger partial charge in [0.2, 0.25) is 5.88 Å². The second-order valence-corrected chi connectivity index (χ2v) is 4.22. The molecule has 5 heteroatoms. The predicted molar refractivity (Wildman–Crippen MR) is 71.3 cm³/mol. The number of pyridine rings is 1. The predicted octanol–water partition coefficient (Wildman–Crippen LogP) is 3.00. The van der Waals surface area contributed by atoms with E-state index < -0.39 is 0 Å². The minimum absolute atomic E-state index is 0.350. The third-order valence-corrected chi connectivity index (χ3v) is 2.42. The van der Waals surface area contributed by atoms with E-state index in [9.17, 15) is 0 Å². The van der Waals surface area contributed by atoms with Crippen LogP contribution in [-0.2, 0) is 0 Å². The number of nitrogens with one attached hydrogen (secondary N) is 1. The van der Waals surface area contributed by atoms with Gasteiger partial charge < -0.3 is 10.1 Å². The number of nitrogens with zero attached hydrogens (tertiary/aromatic N) is 3. The van der Waals surface area contributed by atoms with E-state index in [1.807, 2.05) is 36.0 Å². The van der Waals surface area contributed by atoms with E-state index in [0.29, 0.717) is 18.5 Å². The van der Waals surface area contributed by atoms with Crippen LogP contribution >= 0.6 is 0 Å². The van der Waals surface area contributed by atoms with Gasteiger partial charge >= 0.3 is 0 Å². The molecule has 18 heavy (non-hydrogen) atoms. The molecular weight excluding hydrogens is 228 g/mol. The summed E-state index contributed by atoms with van der Waals surface area (Å²) in [4.78, 5) is 4.34. The highest BCUT2D eigenvalue weighted by atomic mass is 16.5. The van der Waals surface area contributed by atoms with Crippen molar-refractivity contribution in [3.8, 4) is 5.88 Å². The number of aromatic nitrogens is 3. The molecule has 0 aliphatic carbocycles. The number of hydrogen-bond donors (Lipinski definition) is 1. The van der Waals surface area contributed by atoms with E-state index >= 15 is 0 Å². The summed E-state index contributed by atoms with van der Waals surface area (Å²) in [6, 6.07) is 6.00. The molecule has 2 aromatic rings. The van der Waals surface area contributed by atoms with Crippen molar-refractivity contribution in [3.63, 3.8) is 0 Å². The molecule has 0 amide bonds. The summed E-state index contributed by atoms with van der Waals surface area (Å²) in [5, 5.41) is 7.47. The first-order valence-electron chi connectivity index (χ1n) is 6.10. The van der Waals surface area contributed by atoms with Gasteiger partial charge in [-0.05, 0) is 26.8 Å². The van der Waals surface area contributed by atoms with Crippen LogP contribution in [0, 0.1) is 0 Å². The summed E-state index contributed by atoms with van der Waals surface area (Å²) in [6.45, 7) is 6.73. The standard InChI is InChI=1S/C13H18N4O/c1-4-18-13-7-5-6-12(16-13)15-11-8-14-17(9-11)10(2)3/h5-10H,4H2,1-3H3,(H,15,16). The van der Waals surface area contributed by atoms with Gasteiger partial charge in [0.05, 0.1) is 18.5 Å². The Morgan fingerprint density at radius 3 is 2.89 bits per heavy atom. The molecule has 0 fully saturated rings. The third kappa shape index (κ3) is 3.00. The van der Waals surface area contributed by atoms with Crippen molar-refractivity contribution in [1.29, 1.82) is 0 Å². The molecule has 0 unspecified atom stereocenters. The van der Waals surface area contributed by atoms with E-state index in [4.69, 9.17) is 4.74 Å². The van der Waals surface area contributed by atoms with Gasteiger partial charge in [-0.2, -0.15) is 10.1 Å². The lowest BCUT2D eigenvalue weighted by molar-refractivity contribution is 0.327. The number of ether oxygens (including phenoxy) is 1. The molecule has 1 N–H and O–H groups in total. The maximum absolute atomic E-state index is 5.36. The average Bonchev–Trinajstić information content (AvgIpc) is 2.78. The van der Waals surface area contributed by atoms with E-state index in [-0.39, 0.29) is 0 Å². The number of anilines is 2. The topological polar surface area (TPSA) is 52.0 Å². The van der Waals surface area contributed by atoms with Crippen molar-refractivity contribution in [2.24, 2.45) is 0 Å². The first-order valence-corrected chi connectivity index (χ1v) is 6.10. The SMILES string of the molecule is CCOc1cccc(Nc2cnn(C(C)C)c2)n1. The molecule has 0 spiro atoms. The van der Waals surface area contributed by atoms with Gasteiger partial charge in [0.15, 0.2) is 0 Å². The zero-order valence-electron chi connectivity index (χ0n) is 10.9. The fourth-order valence-corrected chi connectivity index (χ4v) is 1.55. The monoisotopic (exact) mass is 246 g/mol. The molecule has 2 heterocycles. The summed E-state index contributed by atoms with van der Waals surface area (Å²) in [7, 11) is 0. The first-order chi connectivity index (χ1) is 8.69. The highest BCUT2D eigenvalue weighted by molar-refractivity contribution is 5.54. The molecule has 0 saturated heterocycles. The highest BCUT2D eigenvalue weighted by Crippen LogP contribution is 2.17. The van der Waals surface area contributed by atoms with Crippen molar-refractivity contribution in [1.82, 2.24) is 14.8 Å². The van der Waals surface area contributed by atoms with Crippen LogP contribution in [0.1, 0.15) is 26.8 Å². The van der Waals surface area contributed by atoms with Crippen molar-refractivity contribution < 1.29 is 4.74 Å². The molecule has 2 rings (SSSR count). The van der Waals surface area contributed by atoms with Gasteiger partial charge in [-0.25, -0.2) is 0 Å². The van der Waals surface area contributed by atoms with Crippen molar-refractivity contribution >= 4 is 11.5 Å². The Bertz CT molecular complexity index is 507. The Morgan fingerprint density at radius 1 is 1.39 bits per heavy atom. The maximum Gasteiger partial charge on any atom is 0.215 e. The van der Waals surface area contributed by atoms with Crippen LogP contribution < -0.4 is 10.1 Å². The van der Waals surface area contributed by atoms with Crippen molar-refractivity contribution in [3.05, 3.63) is 30.6 Å². The first kappa shape index (κ1) is 12.4. The summed E-state index contributed by atoms with van der Waals surface area (Å²) in [6.07, 6.45) is 3.74. The van der Waals surface area contributed by atoms with Gasteiger partial charge in [-0.15, -0.1) is 0 Å². The zero-order chi connectivity index (χ0) is 13.0. The lowest BCUT2D eigenvalue weighted by atomic mass is 10.4. The van der Waals surface area contributed by atoms with Crippen LogP contribution in [0.25, 0.3) is 0 Å². The molecule has 96 valence electrons. The van der Waals surface area contributed by atoms with Gasteiger partial charge in [-0.1, -0.05) is 6.07 Å². The fourth-order valence-electron chi connectivity index (χ4n) is 1.55. The Morgan fingerprint density at radius 2 is 2.22 bits per heavy atom. The van der Waals surface area contributed by atoms with Crippen LogP contribution in [0.5, 0.6) is 5.88 Å². The van der Waals surface area contributed by atoms with Crippen LogP contribution in [-0.4, -0.2) is 21.4 Å². The Hall–Kier alpha value is -2.04. The zero-order valence-corrected chi connectivity index (χ0v) is 10.9. The van der Waals surface area contributed by atoms with Gasteiger partial charge in [0, 0.05) is 18.3 Å². The molecule has 0 atom stereocenters. The maximum atomic E-state index is 5.36. The Kier molecular flexibility index (Phi) is 3.82. The minimum atomic E-state index is 0.350. The Labute approximate surface area is 107 Å². The summed E-state index contributed by atoms with van der Waals surface area (Å²) in [5.74, 6) is 1.38. The second kappa shape index (κ2) is 5.53. The Balaban J connectivity index is 2.10. The van der Waals surface area contributed by atoms with E-state index in [0.717, 1.165) is 11.5 Å². The smallest absolute Gasteiger partial charge is 0.215 e. The quantitative estimate of drug-likeness (QED) is 0.881. The van der Waals surface area contributed by atoms with Crippen molar-refractivity contribution in [2.45, 2.75) is 26.8 Å². The molecule has 0 saturated carbocycles. The lowest BCUT2D eigenvalue weighted by Crippen LogP contribution is -2.00. The van der Waals surface area contributed by atoms with E-state index in [1.54, 1.807) is 6.20 Å². The van der Waals surface area contributed by atoms with Gasteiger partial charge in [0.1, 0.15) is 5.82 Å². The molecule has 0 aliphatic heterocycles. The van der Waals surface area contributed by atoms with Crippen LogP contribution in [0.15, 0.2) is 30.6 Å². The van der Waals surface area contributed by atoms with Crippen LogP contribution in [0.3, 0.4) is 0 Å². The van der Waals surface area contributed by atoms with E-state index in [1.165, 1.54) is 0 Å². The van der Waals surface area contributed by atoms with Gasteiger partial charge in [-0.3, -0.25) is 4.68 Å². The third-order valence-electron chi connectivity index (χ3n) is 2.42. The largest absolute Gasteiger partial charge is 0.478 e. The molecule has 0 aliphatic rings. The second-order valence-electron chi connectivity index (χ2n) is 4.22. The van der Waals surface area contributed by atoms with Crippen LogP contribution in [0.2, 0.25) is 0 Å². The van der Waals surface area contributed by atoms with E-state index in [2.05, 4.69) is 29.2 Å².